The third kappa shape index (κ3) is 3.60. The Kier molecular flexibility index (Phi) is 4.54. The quantitative estimate of drug-likeness (QED) is 0.774. The van der Waals surface area contributed by atoms with Crippen molar-refractivity contribution >= 4 is 0 Å². The summed E-state index contributed by atoms with van der Waals surface area (Å²) in [5.74, 6) is 1.03. The summed E-state index contributed by atoms with van der Waals surface area (Å²) < 4.78 is 5.87. The molecular weight excluding hydrogens is 258 g/mol. The summed E-state index contributed by atoms with van der Waals surface area (Å²) in [6, 6.07) is 9.34. The van der Waals surface area contributed by atoms with Gasteiger partial charge in [0.25, 0.3) is 0 Å². The molecular formula is C19H29NO. The number of benzene rings is 1. The van der Waals surface area contributed by atoms with Crippen molar-refractivity contribution in [2.45, 2.75) is 70.9 Å². The van der Waals surface area contributed by atoms with Crippen LogP contribution in [-0.2, 0) is 0 Å². The van der Waals surface area contributed by atoms with Crippen LogP contribution >= 0.6 is 0 Å². The van der Waals surface area contributed by atoms with E-state index in [0.717, 1.165) is 12.3 Å². The van der Waals surface area contributed by atoms with Gasteiger partial charge >= 0.3 is 0 Å². The largest absolute Gasteiger partial charge is 0.490 e. The molecule has 2 aliphatic carbocycles. The molecule has 0 heterocycles. The van der Waals surface area contributed by atoms with Crippen molar-refractivity contribution in [3.8, 4) is 5.75 Å². The number of rotatable bonds is 7. The lowest BCUT2D eigenvalue weighted by Crippen LogP contribution is -2.35. The molecule has 2 aliphatic rings. The average molecular weight is 287 g/mol. The minimum Gasteiger partial charge on any atom is -0.490 e. The van der Waals surface area contributed by atoms with Gasteiger partial charge in [0, 0.05) is 6.04 Å². The maximum Gasteiger partial charge on any atom is 0.119 e. The highest BCUT2D eigenvalue weighted by Gasteiger charge is 2.37. The van der Waals surface area contributed by atoms with E-state index in [0.29, 0.717) is 17.6 Å². The van der Waals surface area contributed by atoms with E-state index in [4.69, 9.17) is 4.74 Å². The van der Waals surface area contributed by atoms with E-state index in [1.807, 2.05) is 0 Å². The molecule has 2 saturated carbocycles. The molecule has 1 atom stereocenters. The van der Waals surface area contributed by atoms with Crippen LogP contribution in [0.1, 0.15) is 70.4 Å². The van der Waals surface area contributed by atoms with Crippen LogP contribution in [0.2, 0.25) is 0 Å². The number of hydrogen-bond donors (Lipinski definition) is 1. The van der Waals surface area contributed by atoms with Crippen molar-refractivity contribution < 1.29 is 4.74 Å². The molecule has 0 radical (unpaired) electrons. The third-order valence-electron chi connectivity index (χ3n) is 5.08. The smallest absolute Gasteiger partial charge is 0.119 e. The molecule has 2 heteroatoms. The van der Waals surface area contributed by atoms with Crippen LogP contribution in [0.5, 0.6) is 5.75 Å². The summed E-state index contributed by atoms with van der Waals surface area (Å²) in [4.78, 5) is 0. The first-order valence-corrected chi connectivity index (χ1v) is 8.71. The predicted octanol–water partition coefficient (Wildman–Crippen LogP) is 4.85. The standard InChI is InChI=1S/C19H29NO/c1-3-14-20-18(19(2)12-4-5-13-19)15-6-8-16(9-7-15)21-17-10-11-17/h6-9,17-18,20H,3-5,10-14H2,1-2H3. The van der Waals surface area contributed by atoms with Crippen molar-refractivity contribution in [2.75, 3.05) is 6.54 Å². The van der Waals surface area contributed by atoms with Gasteiger partial charge in [-0.2, -0.15) is 0 Å². The van der Waals surface area contributed by atoms with Gasteiger partial charge in [-0.05, 0) is 61.8 Å². The van der Waals surface area contributed by atoms with Crippen molar-refractivity contribution in [2.24, 2.45) is 5.41 Å². The second kappa shape index (κ2) is 6.39. The van der Waals surface area contributed by atoms with Crippen LogP contribution in [-0.4, -0.2) is 12.6 Å². The Labute approximate surface area is 129 Å². The maximum atomic E-state index is 5.87. The first kappa shape index (κ1) is 14.9. The average Bonchev–Trinajstić information content (AvgIpc) is 3.20. The molecule has 1 N–H and O–H groups in total. The summed E-state index contributed by atoms with van der Waals surface area (Å²) >= 11 is 0. The molecule has 3 rings (SSSR count). The highest BCUT2D eigenvalue weighted by Crippen LogP contribution is 2.47. The Bertz CT molecular complexity index is 443. The third-order valence-corrected chi connectivity index (χ3v) is 5.08. The van der Waals surface area contributed by atoms with Crippen LogP contribution in [0, 0.1) is 5.41 Å². The fourth-order valence-electron chi connectivity index (χ4n) is 3.64. The zero-order valence-corrected chi connectivity index (χ0v) is 13.5. The van der Waals surface area contributed by atoms with Gasteiger partial charge in [0.1, 0.15) is 5.75 Å². The Hall–Kier alpha value is -1.02. The summed E-state index contributed by atoms with van der Waals surface area (Å²) in [6.45, 7) is 5.80. The van der Waals surface area contributed by atoms with Crippen LogP contribution in [0.4, 0.5) is 0 Å². The summed E-state index contributed by atoms with van der Waals surface area (Å²) in [5.41, 5.74) is 1.84. The van der Waals surface area contributed by atoms with E-state index < -0.39 is 0 Å². The topological polar surface area (TPSA) is 21.3 Å². The van der Waals surface area contributed by atoms with Crippen molar-refractivity contribution in [1.82, 2.24) is 5.32 Å². The van der Waals surface area contributed by atoms with Crippen molar-refractivity contribution in [3.05, 3.63) is 29.8 Å². The minimum absolute atomic E-state index is 0.411. The highest BCUT2D eigenvalue weighted by molar-refractivity contribution is 5.31. The van der Waals surface area contributed by atoms with Crippen LogP contribution < -0.4 is 10.1 Å². The van der Waals surface area contributed by atoms with Crippen LogP contribution in [0.3, 0.4) is 0 Å². The van der Waals surface area contributed by atoms with E-state index in [1.54, 1.807) is 0 Å². The van der Waals surface area contributed by atoms with Crippen LogP contribution in [0.25, 0.3) is 0 Å². The molecule has 116 valence electrons. The predicted molar refractivity (Wildman–Crippen MR) is 87.7 cm³/mol. The molecule has 0 saturated heterocycles. The SMILES string of the molecule is CCCNC(c1ccc(OC2CC2)cc1)C1(C)CCCC1. The zero-order valence-electron chi connectivity index (χ0n) is 13.5. The van der Waals surface area contributed by atoms with Gasteiger partial charge in [-0.15, -0.1) is 0 Å². The van der Waals surface area contributed by atoms with Gasteiger partial charge < -0.3 is 10.1 Å². The lowest BCUT2D eigenvalue weighted by Gasteiger charge is -2.35. The molecule has 0 spiro atoms. The number of ether oxygens (including phenoxy) is 1. The normalized spacial score (nSPS) is 22.2. The van der Waals surface area contributed by atoms with Gasteiger partial charge in [0.2, 0.25) is 0 Å². The molecule has 0 amide bonds. The van der Waals surface area contributed by atoms with Gasteiger partial charge in [-0.25, -0.2) is 0 Å². The number of nitrogens with one attached hydrogen (secondary N) is 1. The van der Waals surface area contributed by atoms with Gasteiger partial charge in [0.05, 0.1) is 6.10 Å². The molecule has 1 aromatic carbocycles. The molecule has 21 heavy (non-hydrogen) atoms. The second-order valence-corrected chi connectivity index (χ2v) is 7.13. The fourth-order valence-corrected chi connectivity index (χ4v) is 3.64. The van der Waals surface area contributed by atoms with E-state index in [-0.39, 0.29) is 0 Å². The molecule has 1 unspecified atom stereocenters. The highest BCUT2D eigenvalue weighted by atomic mass is 16.5. The maximum absolute atomic E-state index is 5.87. The molecule has 1 aromatic rings. The van der Waals surface area contributed by atoms with Crippen molar-refractivity contribution in [3.63, 3.8) is 0 Å². The van der Waals surface area contributed by atoms with E-state index in [9.17, 15) is 0 Å². The first-order valence-electron chi connectivity index (χ1n) is 8.71. The Morgan fingerprint density at radius 1 is 1.19 bits per heavy atom. The Balaban J connectivity index is 1.74. The summed E-state index contributed by atoms with van der Waals surface area (Å²) in [5, 5.41) is 3.80. The zero-order chi connectivity index (χ0) is 14.7. The molecule has 0 aliphatic heterocycles. The van der Waals surface area contributed by atoms with E-state index >= 15 is 0 Å². The fraction of sp³-hybridized carbons (Fsp3) is 0.684. The first-order chi connectivity index (χ1) is 10.2. The molecule has 0 aromatic heterocycles. The Morgan fingerprint density at radius 3 is 2.43 bits per heavy atom. The monoisotopic (exact) mass is 287 g/mol. The van der Waals surface area contributed by atoms with Crippen molar-refractivity contribution in [1.29, 1.82) is 0 Å². The van der Waals surface area contributed by atoms with Gasteiger partial charge in [-0.3, -0.25) is 0 Å². The minimum atomic E-state index is 0.411. The lowest BCUT2D eigenvalue weighted by atomic mass is 9.77. The van der Waals surface area contributed by atoms with Crippen LogP contribution in [0.15, 0.2) is 24.3 Å². The van der Waals surface area contributed by atoms with Gasteiger partial charge in [-0.1, -0.05) is 38.8 Å². The molecule has 2 fully saturated rings. The molecule has 2 nitrogen and oxygen atoms in total. The summed E-state index contributed by atoms with van der Waals surface area (Å²) in [7, 11) is 0. The van der Waals surface area contributed by atoms with E-state index in [1.165, 1.54) is 50.5 Å². The number of hydrogen-bond acceptors (Lipinski definition) is 2. The van der Waals surface area contributed by atoms with Gasteiger partial charge in [0.15, 0.2) is 0 Å². The van der Waals surface area contributed by atoms with E-state index in [2.05, 4.69) is 43.4 Å². The second-order valence-electron chi connectivity index (χ2n) is 7.13. The Morgan fingerprint density at radius 2 is 1.86 bits per heavy atom. The molecule has 0 bridgehead atoms. The summed E-state index contributed by atoms with van der Waals surface area (Å²) in [6.07, 6.45) is 9.56. The lowest BCUT2D eigenvalue weighted by molar-refractivity contribution is 0.223.